The number of aromatic nitrogens is 4. The van der Waals surface area contributed by atoms with Gasteiger partial charge in [0.05, 0.1) is 5.69 Å². The number of tetrazole rings is 1. The first-order valence-electron chi connectivity index (χ1n) is 6.13. The molecule has 3 rings (SSSR count). The number of anilines is 1. The van der Waals surface area contributed by atoms with Gasteiger partial charge >= 0.3 is 0 Å². The van der Waals surface area contributed by atoms with E-state index < -0.39 is 0 Å². The SMILES string of the molecule is O=C(Nc1cccc(Cl)c1)c1ccc(-n2cnnn2)cc1. The van der Waals surface area contributed by atoms with Crippen LogP contribution in [0, 0.1) is 0 Å². The van der Waals surface area contributed by atoms with Gasteiger partial charge in [-0.3, -0.25) is 4.79 Å². The summed E-state index contributed by atoms with van der Waals surface area (Å²) in [6.07, 6.45) is 1.49. The van der Waals surface area contributed by atoms with E-state index in [9.17, 15) is 4.79 Å². The fraction of sp³-hybridized carbons (Fsp3) is 0. The monoisotopic (exact) mass is 299 g/mol. The summed E-state index contributed by atoms with van der Waals surface area (Å²) >= 11 is 5.88. The number of rotatable bonds is 3. The molecule has 1 heterocycles. The first-order valence-corrected chi connectivity index (χ1v) is 6.50. The topological polar surface area (TPSA) is 72.7 Å². The van der Waals surface area contributed by atoms with Crippen LogP contribution in [0.4, 0.5) is 5.69 Å². The fourth-order valence-corrected chi connectivity index (χ4v) is 2.00. The Hall–Kier alpha value is -2.73. The Bertz CT molecular complexity index is 755. The summed E-state index contributed by atoms with van der Waals surface area (Å²) in [5.74, 6) is -0.208. The van der Waals surface area contributed by atoms with Crippen LogP contribution < -0.4 is 5.32 Å². The van der Waals surface area contributed by atoms with Gasteiger partial charge in [0.1, 0.15) is 6.33 Å². The van der Waals surface area contributed by atoms with Crippen LogP contribution in [0.5, 0.6) is 0 Å². The minimum absolute atomic E-state index is 0.208. The molecule has 0 radical (unpaired) electrons. The van der Waals surface area contributed by atoms with Crippen molar-refractivity contribution in [2.24, 2.45) is 0 Å². The van der Waals surface area contributed by atoms with Gasteiger partial charge in [0.25, 0.3) is 5.91 Å². The van der Waals surface area contributed by atoms with Crippen LogP contribution in [0.25, 0.3) is 5.69 Å². The molecule has 0 saturated heterocycles. The summed E-state index contributed by atoms with van der Waals surface area (Å²) in [4.78, 5) is 12.1. The molecule has 0 aliphatic carbocycles. The Morgan fingerprint density at radius 3 is 2.62 bits per heavy atom. The van der Waals surface area contributed by atoms with Crippen LogP contribution in [0.2, 0.25) is 5.02 Å². The molecule has 0 unspecified atom stereocenters. The van der Waals surface area contributed by atoms with Gasteiger partial charge in [-0.25, -0.2) is 4.68 Å². The van der Waals surface area contributed by atoms with Crippen LogP contribution in [0.3, 0.4) is 0 Å². The van der Waals surface area contributed by atoms with Crippen LogP contribution in [-0.2, 0) is 0 Å². The summed E-state index contributed by atoms with van der Waals surface area (Å²) in [6, 6.07) is 13.9. The second kappa shape index (κ2) is 5.72. The summed E-state index contributed by atoms with van der Waals surface area (Å²) in [5, 5.41) is 14.3. The molecule has 2 aromatic carbocycles. The summed E-state index contributed by atoms with van der Waals surface area (Å²) < 4.78 is 1.51. The Kier molecular flexibility index (Phi) is 3.61. The van der Waals surface area contributed by atoms with Crippen LogP contribution in [0.15, 0.2) is 54.9 Å². The van der Waals surface area contributed by atoms with Gasteiger partial charge in [0, 0.05) is 16.3 Å². The van der Waals surface area contributed by atoms with Gasteiger partial charge in [-0.05, 0) is 52.9 Å². The molecule has 21 heavy (non-hydrogen) atoms. The molecule has 7 heteroatoms. The van der Waals surface area contributed by atoms with E-state index in [4.69, 9.17) is 11.6 Å². The summed E-state index contributed by atoms with van der Waals surface area (Å²) in [5.41, 5.74) is 1.96. The number of halogens is 1. The predicted octanol–water partition coefficient (Wildman–Crippen LogP) is 2.57. The highest BCUT2D eigenvalue weighted by Gasteiger charge is 2.07. The largest absolute Gasteiger partial charge is 0.322 e. The molecule has 0 atom stereocenters. The van der Waals surface area contributed by atoms with Gasteiger partial charge in [-0.2, -0.15) is 0 Å². The van der Waals surface area contributed by atoms with Crippen molar-refractivity contribution in [1.82, 2.24) is 20.2 Å². The lowest BCUT2D eigenvalue weighted by molar-refractivity contribution is 0.102. The highest BCUT2D eigenvalue weighted by atomic mass is 35.5. The Morgan fingerprint density at radius 1 is 1.14 bits per heavy atom. The minimum atomic E-state index is -0.208. The van der Waals surface area contributed by atoms with E-state index in [0.717, 1.165) is 5.69 Å². The predicted molar refractivity (Wildman–Crippen MR) is 78.6 cm³/mol. The molecule has 0 spiro atoms. The zero-order valence-corrected chi connectivity index (χ0v) is 11.5. The molecule has 0 bridgehead atoms. The normalized spacial score (nSPS) is 10.3. The molecular weight excluding hydrogens is 290 g/mol. The number of hydrogen-bond acceptors (Lipinski definition) is 4. The van der Waals surface area contributed by atoms with E-state index in [1.165, 1.54) is 11.0 Å². The number of nitrogens with one attached hydrogen (secondary N) is 1. The van der Waals surface area contributed by atoms with Gasteiger partial charge in [-0.1, -0.05) is 17.7 Å². The molecule has 6 nitrogen and oxygen atoms in total. The molecule has 104 valence electrons. The number of hydrogen-bond donors (Lipinski definition) is 1. The Morgan fingerprint density at radius 2 is 1.95 bits per heavy atom. The lowest BCUT2D eigenvalue weighted by Gasteiger charge is -2.06. The molecule has 0 aliphatic rings. The van der Waals surface area contributed by atoms with E-state index in [2.05, 4.69) is 20.8 Å². The molecular formula is C14H10ClN5O. The van der Waals surface area contributed by atoms with E-state index in [-0.39, 0.29) is 5.91 Å². The third kappa shape index (κ3) is 3.06. The molecule has 1 amide bonds. The summed E-state index contributed by atoms with van der Waals surface area (Å²) in [7, 11) is 0. The van der Waals surface area contributed by atoms with Crippen molar-refractivity contribution in [2.75, 3.05) is 5.32 Å². The maximum atomic E-state index is 12.1. The van der Waals surface area contributed by atoms with E-state index in [1.54, 1.807) is 48.5 Å². The van der Waals surface area contributed by atoms with Gasteiger partial charge in [0.2, 0.25) is 0 Å². The van der Waals surface area contributed by atoms with E-state index in [1.807, 2.05) is 0 Å². The van der Waals surface area contributed by atoms with Crippen molar-refractivity contribution in [3.8, 4) is 5.69 Å². The van der Waals surface area contributed by atoms with Crippen molar-refractivity contribution in [3.63, 3.8) is 0 Å². The maximum Gasteiger partial charge on any atom is 0.255 e. The van der Waals surface area contributed by atoms with Crippen LogP contribution in [0.1, 0.15) is 10.4 Å². The standard InChI is InChI=1S/C14H10ClN5O/c15-11-2-1-3-12(8-11)17-14(21)10-4-6-13(7-5-10)20-9-16-18-19-20/h1-9H,(H,17,21). The smallest absolute Gasteiger partial charge is 0.255 e. The average molecular weight is 300 g/mol. The van der Waals surface area contributed by atoms with Crippen LogP contribution >= 0.6 is 11.6 Å². The minimum Gasteiger partial charge on any atom is -0.322 e. The third-order valence-electron chi connectivity index (χ3n) is 2.83. The average Bonchev–Trinajstić information content (AvgIpc) is 3.01. The second-order valence-electron chi connectivity index (χ2n) is 4.27. The second-order valence-corrected chi connectivity index (χ2v) is 4.70. The molecule has 0 saturated carbocycles. The highest BCUT2D eigenvalue weighted by molar-refractivity contribution is 6.30. The van der Waals surface area contributed by atoms with E-state index in [0.29, 0.717) is 16.3 Å². The fourth-order valence-electron chi connectivity index (χ4n) is 1.81. The molecule has 3 aromatic rings. The lowest BCUT2D eigenvalue weighted by atomic mass is 10.2. The Balaban J connectivity index is 1.76. The van der Waals surface area contributed by atoms with Crippen LogP contribution in [-0.4, -0.2) is 26.1 Å². The first kappa shape index (κ1) is 13.3. The van der Waals surface area contributed by atoms with Gasteiger partial charge < -0.3 is 5.32 Å². The van der Waals surface area contributed by atoms with E-state index >= 15 is 0 Å². The van der Waals surface area contributed by atoms with Gasteiger partial charge in [-0.15, -0.1) is 5.10 Å². The highest BCUT2D eigenvalue weighted by Crippen LogP contribution is 2.16. The molecule has 1 aromatic heterocycles. The first-order chi connectivity index (χ1) is 10.2. The number of carbonyl (C=O) groups excluding carboxylic acids is 1. The van der Waals surface area contributed by atoms with Crippen molar-refractivity contribution in [1.29, 1.82) is 0 Å². The maximum absolute atomic E-state index is 12.1. The number of benzene rings is 2. The third-order valence-corrected chi connectivity index (χ3v) is 3.06. The van der Waals surface area contributed by atoms with Crippen molar-refractivity contribution in [2.45, 2.75) is 0 Å². The molecule has 0 aliphatic heterocycles. The van der Waals surface area contributed by atoms with Crippen molar-refractivity contribution >= 4 is 23.2 Å². The van der Waals surface area contributed by atoms with Crippen molar-refractivity contribution < 1.29 is 4.79 Å². The lowest BCUT2D eigenvalue weighted by Crippen LogP contribution is -2.11. The molecule has 1 N–H and O–H groups in total. The zero-order chi connectivity index (χ0) is 14.7. The quantitative estimate of drug-likeness (QED) is 0.806. The van der Waals surface area contributed by atoms with Crippen molar-refractivity contribution in [3.05, 3.63) is 65.4 Å². The zero-order valence-electron chi connectivity index (χ0n) is 10.8. The van der Waals surface area contributed by atoms with Gasteiger partial charge in [0.15, 0.2) is 0 Å². The molecule has 0 fully saturated rings. The number of amides is 1. The number of nitrogens with zero attached hydrogens (tertiary/aromatic N) is 4. The summed E-state index contributed by atoms with van der Waals surface area (Å²) in [6.45, 7) is 0. The number of carbonyl (C=O) groups is 1. The Labute approximate surface area is 125 Å².